The van der Waals surface area contributed by atoms with Crippen molar-refractivity contribution in [3.05, 3.63) is 46.1 Å². The monoisotopic (exact) mass is 282 g/mol. The van der Waals surface area contributed by atoms with Crippen LogP contribution in [-0.4, -0.2) is 23.2 Å². The zero-order valence-electron chi connectivity index (χ0n) is 10.1. The fourth-order valence-corrected chi connectivity index (χ4v) is 3.05. The van der Waals surface area contributed by atoms with Crippen molar-refractivity contribution >= 4 is 29.8 Å². The zero-order valence-corrected chi connectivity index (χ0v) is 11.7. The normalized spacial score (nSPS) is 18.7. The van der Waals surface area contributed by atoms with Gasteiger partial charge < -0.3 is 10.2 Å². The fourth-order valence-electron chi connectivity index (χ4n) is 1.92. The van der Waals surface area contributed by atoms with Crippen LogP contribution in [0.15, 0.2) is 35.5 Å². The van der Waals surface area contributed by atoms with Crippen LogP contribution in [0, 0.1) is 0 Å². The Kier molecular flexibility index (Phi) is 4.55. The van der Waals surface area contributed by atoms with E-state index in [9.17, 15) is 4.79 Å². The molecule has 1 aromatic rings. The lowest BCUT2D eigenvalue weighted by Crippen LogP contribution is -2.34. The molecule has 1 aliphatic heterocycles. The van der Waals surface area contributed by atoms with E-state index in [2.05, 4.69) is 17.1 Å². The summed E-state index contributed by atoms with van der Waals surface area (Å²) < 4.78 is 0. The van der Waals surface area contributed by atoms with E-state index >= 15 is 0 Å². The maximum Gasteiger partial charge on any atom is 0.212 e. The topological polar surface area (TPSA) is 32.3 Å². The number of hydrogen-bond donors (Lipinski definition) is 1. The molecule has 0 aliphatic carbocycles. The third kappa shape index (κ3) is 3.00. The van der Waals surface area contributed by atoms with E-state index < -0.39 is 0 Å². The van der Waals surface area contributed by atoms with E-state index in [1.807, 2.05) is 29.7 Å². The summed E-state index contributed by atoms with van der Waals surface area (Å²) in [6.07, 6.45) is 1.58. The van der Waals surface area contributed by atoms with Crippen molar-refractivity contribution in [2.45, 2.75) is 18.7 Å². The van der Waals surface area contributed by atoms with Crippen LogP contribution in [0.5, 0.6) is 0 Å². The van der Waals surface area contributed by atoms with Crippen LogP contribution in [0.2, 0.25) is 5.02 Å². The molecule has 1 atom stereocenters. The molecule has 1 aliphatic rings. The smallest absolute Gasteiger partial charge is 0.212 e. The Hall–Kier alpha value is -1.13. The van der Waals surface area contributed by atoms with E-state index in [4.69, 9.17) is 11.6 Å². The highest BCUT2D eigenvalue weighted by molar-refractivity contribution is 8.02. The summed E-state index contributed by atoms with van der Waals surface area (Å²) in [5.41, 5.74) is 1.13. The Balaban J connectivity index is 1.99. The Bertz CT molecular complexity index is 464. The number of carbonyl (C=O) groups excluding carboxylic acids is 1. The molecular weight excluding hydrogens is 268 g/mol. The summed E-state index contributed by atoms with van der Waals surface area (Å²) in [5.74, 6) is 0.870. The van der Waals surface area contributed by atoms with Crippen molar-refractivity contribution < 1.29 is 4.79 Å². The summed E-state index contributed by atoms with van der Waals surface area (Å²) >= 11 is 7.84. The Labute approximate surface area is 116 Å². The summed E-state index contributed by atoms with van der Waals surface area (Å²) in [6.45, 7) is 2.96. The van der Waals surface area contributed by atoms with Crippen molar-refractivity contribution in [3.8, 4) is 0 Å². The minimum Gasteiger partial charge on any atom is -0.345 e. The van der Waals surface area contributed by atoms with Gasteiger partial charge >= 0.3 is 0 Å². The van der Waals surface area contributed by atoms with Crippen LogP contribution in [-0.2, 0) is 11.2 Å². The number of hydrogen-bond acceptors (Lipinski definition) is 3. The highest BCUT2D eigenvalue weighted by Crippen LogP contribution is 2.29. The van der Waals surface area contributed by atoms with Gasteiger partial charge in [-0.25, -0.2) is 0 Å². The van der Waals surface area contributed by atoms with Gasteiger partial charge in [0.2, 0.25) is 6.41 Å². The molecule has 0 saturated carbocycles. The summed E-state index contributed by atoms with van der Waals surface area (Å²) in [7, 11) is 0. The lowest BCUT2D eigenvalue weighted by molar-refractivity contribution is -0.109. The highest BCUT2D eigenvalue weighted by atomic mass is 35.5. The minimum atomic E-state index is 0.343. The molecule has 2 rings (SSSR count). The highest BCUT2D eigenvalue weighted by Gasteiger charge is 2.22. The minimum absolute atomic E-state index is 0.343. The molecular formula is C13H15ClN2OS. The molecule has 0 fully saturated rings. The third-order valence-corrected chi connectivity index (χ3v) is 4.29. The molecule has 0 spiro atoms. The first-order valence-electron chi connectivity index (χ1n) is 5.78. The maximum absolute atomic E-state index is 10.5. The standard InChI is InChI=1S/C13H15ClN2OS/c1-10-16(13(8-18-10)15-9-17)7-6-11-4-2-3-5-12(11)14/h2-5,8-10H,6-7H2,1H3,(H,15,17). The molecule has 18 heavy (non-hydrogen) atoms. The predicted molar refractivity (Wildman–Crippen MR) is 76.2 cm³/mol. The molecule has 5 heteroatoms. The van der Waals surface area contributed by atoms with Gasteiger partial charge in [0.1, 0.15) is 5.82 Å². The van der Waals surface area contributed by atoms with E-state index in [0.29, 0.717) is 11.8 Å². The number of carbonyl (C=O) groups is 1. The number of halogens is 1. The average molecular weight is 283 g/mol. The molecule has 0 saturated heterocycles. The fraction of sp³-hybridized carbons (Fsp3) is 0.308. The zero-order chi connectivity index (χ0) is 13.0. The first-order valence-corrected chi connectivity index (χ1v) is 7.10. The van der Waals surface area contributed by atoms with Crippen LogP contribution < -0.4 is 5.32 Å². The summed E-state index contributed by atoms with van der Waals surface area (Å²) in [6, 6.07) is 7.86. The number of nitrogens with one attached hydrogen (secondary N) is 1. The van der Waals surface area contributed by atoms with Gasteiger partial charge in [-0.05, 0) is 25.0 Å². The lowest BCUT2D eigenvalue weighted by atomic mass is 10.1. The first kappa shape index (κ1) is 13.3. The van der Waals surface area contributed by atoms with Gasteiger partial charge in [0.15, 0.2) is 0 Å². The van der Waals surface area contributed by atoms with Gasteiger partial charge in [0.05, 0.1) is 5.37 Å². The van der Waals surface area contributed by atoms with Crippen molar-refractivity contribution in [3.63, 3.8) is 0 Å². The Morgan fingerprint density at radius 2 is 2.28 bits per heavy atom. The second-order valence-electron chi connectivity index (χ2n) is 4.04. The predicted octanol–water partition coefficient (Wildman–Crippen LogP) is 2.82. The number of amides is 1. The van der Waals surface area contributed by atoms with Crippen molar-refractivity contribution in [1.29, 1.82) is 0 Å². The Morgan fingerprint density at radius 3 is 3.00 bits per heavy atom. The van der Waals surface area contributed by atoms with Gasteiger partial charge in [-0.3, -0.25) is 4.79 Å². The molecule has 3 nitrogen and oxygen atoms in total. The number of nitrogens with zero attached hydrogens (tertiary/aromatic N) is 1. The maximum atomic E-state index is 10.5. The SMILES string of the molecule is CC1SC=C(NC=O)N1CCc1ccccc1Cl. The molecule has 0 bridgehead atoms. The summed E-state index contributed by atoms with van der Waals surface area (Å²) in [5, 5.41) is 5.85. The van der Waals surface area contributed by atoms with Crippen molar-refractivity contribution in [2.75, 3.05) is 6.54 Å². The van der Waals surface area contributed by atoms with Gasteiger partial charge in [-0.2, -0.15) is 0 Å². The van der Waals surface area contributed by atoms with Crippen LogP contribution in [0.3, 0.4) is 0 Å². The van der Waals surface area contributed by atoms with E-state index in [-0.39, 0.29) is 0 Å². The molecule has 96 valence electrons. The molecule has 1 heterocycles. The Morgan fingerprint density at radius 1 is 1.50 bits per heavy atom. The van der Waals surface area contributed by atoms with Gasteiger partial charge in [-0.1, -0.05) is 29.8 Å². The van der Waals surface area contributed by atoms with Crippen LogP contribution in [0.25, 0.3) is 0 Å². The van der Waals surface area contributed by atoms with Crippen molar-refractivity contribution in [2.24, 2.45) is 0 Å². The van der Waals surface area contributed by atoms with Crippen LogP contribution >= 0.6 is 23.4 Å². The second kappa shape index (κ2) is 6.16. The van der Waals surface area contributed by atoms with E-state index in [1.165, 1.54) is 0 Å². The van der Waals surface area contributed by atoms with E-state index in [0.717, 1.165) is 29.4 Å². The molecule has 1 unspecified atom stereocenters. The average Bonchev–Trinajstić information content (AvgIpc) is 2.70. The van der Waals surface area contributed by atoms with Gasteiger partial charge in [0, 0.05) is 17.0 Å². The largest absolute Gasteiger partial charge is 0.345 e. The first-order chi connectivity index (χ1) is 8.72. The second-order valence-corrected chi connectivity index (χ2v) is 5.63. The molecule has 1 amide bonds. The van der Waals surface area contributed by atoms with E-state index in [1.54, 1.807) is 11.8 Å². The molecule has 1 N–H and O–H groups in total. The van der Waals surface area contributed by atoms with Crippen LogP contribution in [0.1, 0.15) is 12.5 Å². The molecule has 1 aromatic carbocycles. The quantitative estimate of drug-likeness (QED) is 0.843. The van der Waals surface area contributed by atoms with Crippen LogP contribution in [0.4, 0.5) is 0 Å². The lowest BCUT2D eigenvalue weighted by Gasteiger charge is -2.26. The van der Waals surface area contributed by atoms with Gasteiger partial charge in [-0.15, -0.1) is 11.8 Å². The third-order valence-electron chi connectivity index (χ3n) is 2.91. The van der Waals surface area contributed by atoms with Gasteiger partial charge in [0.25, 0.3) is 0 Å². The number of rotatable bonds is 5. The summed E-state index contributed by atoms with van der Waals surface area (Å²) in [4.78, 5) is 12.7. The van der Waals surface area contributed by atoms with Crippen molar-refractivity contribution in [1.82, 2.24) is 10.2 Å². The molecule has 0 radical (unpaired) electrons. The number of thioether (sulfide) groups is 1. The molecule has 0 aromatic heterocycles. The number of benzene rings is 1.